The summed E-state index contributed by atoms with van der Waals surface area (Å²) in [4.78, 5) is 10.6. The topological polar surface area (TPSA) is 83.5 Å². The van der Waals surface area contributed by atoms with Crippen molar-refractivity contribution in [1.82, 2.24) is 4.72 Å². The first-order valence-corrected chi connectivity index (χ1v) is 7.34. The van der Waals surface area contributed by atoms with E-state index in [2.05, 4.69) is 4.72 Å². The van der Waals surface area contributed by atoms with Crippen molar-refractivity contribution >= 4 is 16.0 Å². The molecule has 98 valence electrons. The molecule has 0 aliphatic heterocycles. The van der Waals surface area contributed by atoms with Gasteiger partial charge >= 0.3 is 5.97 Å². The van der Waals surface area contributed by atoms with Gasteiger partial charge in [0.2, 0.25) is 10.0 Å². The van der Waals surface area contributed by atoms with E-state index in [9.17, 15) is 13.2 Å². The standard InChI is InChI=1S/C12H15NO4S/c14-12(15)10-3-1-9(2-4-10)7-8-13-18(16,17)11-5-6-11/h1-4,11,13H,5-8H2,(H,14,15). The fraction of sp³-hybridized carbons (Fsp3) is 0.417. The quantitative estimate of drug-likeness (QED) is 0.807. The zero-order chi connectivity index (χ0) is 13.2. The number of carboxylic acid groups (broad SMARTS) is 1. The Balaban J connectivity index is 1.85. The molecule has 6 heteroatoms. The van der Waals surface area contributed by atoms with Crippen molar-refractivity contribution < 1.29 is 18.3 Å². The Morgan fingerprint density at radius 3 is 2.39 bits per heavy atom. The number of aromatic carboxylic acids is 1. The average Bonchev–Trinajstić information content (AvgIpc) is 3.13. The maximum absolute atomic E-state index is 11.5. The lowest BCUT2D eigenvalue weighted by Crippen LogP contribution is -2.29. The maximum atomic E-state index is 11.5. The molecule has 2 N–H and O–H groups in total. The molecule has 1 aliphatic rings. The van der Waals surface area contributed by atoms with Gasteiger partial charge in [0.15, 0.2) is 0 Å². The van der Waals surface area contributed by atoms with Crippen molar-refractivity contribution in [3.63, 3.8) is 0 Å². The van der Waals surface area contributed by atoms with E-state index in [1.165, 1.54) is 12.1 Å². The number of carboxylic acids is 1. The molecule has 5 nitrogen and oxygen atoms in total. The second kappa shape index (κ2) is 5.07. The zero-order valence-electron chi connectivity index (χ0n) is 9.80. The Kier molecular flexibility index (Phi) is 3.68. The number of carbonyl (C=O) groups is 1. The van der Waals surface area contributed by atoms with Gasteiger partial charge in [-0.25, -0.2) is 17.9 Å². The smallest absolute Gasteiger partial charge is 0.335 e. The molecule has 2 rings (SSSR count). The summed E-state index contributed by atoms with van der Waals surface area (Å²) < 4.78 is 25.6. The third-order valence-corrected chi connectivity index (χ3v) is 4.84. The van der Waals surface area contributed by atoms with E-state index in [1.54, 1.807) is 12.1 Å². The minimum absolute atomic E-state index is 0.202. The van der Waals surface area contributed by atoms with Crippen LogP contribution in [0.3, 0.4) is 0 Å². The summed E-state index contributed by atoms with van der Waals surface area (Å²) in [5.74, 6) is -0.962. The van der Waals surface area contributed by atoms with Crippen LogP contribution in [0.2, 0.25) is 0 Å². The summed E-state index contributed by atoms with van der Waals surface area (Å²) in [6.07, 6.45) is 2.07. The summed E-state index contributed by atoms with van der Waals surface area (Å²) in [5, 5.41) is 8.53. The molecule has 0 atom stereocenters. The zero-order valence-corrected chi connectivity index (χ0v) is 10.6. The highest BCUT2D eigenvalue weighted by atomic mass is 32.2. The molecule has 0 bridgehead atoms. The number of sulfonamides is 1. The Bertz CT molecular complexity index is 532. The van der Waals surface area contributed by atoms with E-state index in [-0.39, 0.29) is 10.8 Å². The first-order valence-electron chi connectivity index (χ1n) is 5.80. The van der Waals surface area contributed by atoms with Gasteiger partial charge in [0.1, 0.15) is 0 Å². The van der Waals surface area contributed by atoms with Crippen LogP contribution in [0.25, 0.3) is 0 Å². The lowest BCUT2D eigenvalue weighted by molar-refractivity contribution is 0.0697. The Labute approximate surface area is 106 Å². The summed E-state index contributed by atoms with van der Waals surface area (Å²) in [7, 11) is -3.12. The van der Waals surface area contributed by atoms with Crippen molar-refractivity contribution in [3.8, 4) is 0 Å². The number of hydrogen-bond acceptors (Lipinski definition) is 3. The van der Waals surface area contributed by atoms with Crippen LogP contribution < -0.4 is 4.72 Å². The van der Waals surface area contributed by atoms with E-state index >= 15 is 0 Å². The Hall–Kier alpha value is -1.40. The third-order valence-electron chi connectivity index (χ3n) is 2.88. The van der Waals surface area contributed by atoms with Crippen molar-refractivity contribution in [2.24, 2.45) is 0 Å². The molecule has 0 radical (unpaired) electrons. The normalized spacial score (nSPS) is 15.6. The molecule has 1 aliphatic carbocycles. The van der Waals surface area contributed by atoms with Gasteiger partial charge in [0.05, 0.1) is 10.8 Å². The van der Waals surface area contributed by atoms with Crippen LogP contribution in [0.1, 0.15) is 28.8 Å². The molecule has 0 saturated heterocycles. The van der Waals surface area contributed by atoms with E-state index in [1.807, 2.05) is 0 Å². The second-order valence-corrected chi connectivity index (χ2v) is 6.44. The highest BCUT2D eigenvalue weighted by Crippen LogP contribution is 2.27. The molecular formula is C12H15NO4S. The fourth-order valence-electron chi connectivity index (χ4n) is 1.65. The second-order valence-electron chi connectivity index (χ2n) is 4.39. The minimum Gasteiger partial charge on any atom is -0.478 e. The lowest BCUT2D eigenvalue weighted by Gasteiger charge is -2.05. The van der Waals surface area contributed by atoms with Gasteiger partial charge in [-0.2, -0.15) is 0 Å². The molecule has 0 spiro atoms. The van der Waals surface area contributed by atoms with Crippen LogP contribution in [-0.4, -0.2) is 31.3 Å². The van der Waals surface area contributed by atoms with Crippen molar-refractivity contribution in [2.75, 3.05) is 6.54 Å². The van der Waals surface area contributed by atoms with Gasteiger partial charge in [-0.3, -0.25) is 0 Å². The van der Waals surface area contributed by atoms with Gasteiger partial charge in [-0.1, -0.05) is 12.1 Å². The fourth-order valence-corrected chi connectivity index (χ4v) is 3.03. The summed E-state index contributed by atoms with van der Waals surface area (Å²) in [6.45, 7) is 0.352. The highest BCUT2D eigenvalue weighted by Gasteiger charge is 2.35. The molecule has 0 unspecified atom stereocenters. The van der Waals surface area contributed by atoms with E-state index < -0.39 is 16.0 Å². The molecule has 0 aromatic heterocycles. The summed E-state index contributed by atoms with van der Waals surface area (Å²) in [5.41, 5.74) is 1.15. The van der Waals surface area contributed by atoms with Crippen LogP contribution in [0.4, 0.5) is 0 Å². The number of benzene rings is 1. The SMILES string of the molecule is O=C(O)c1ccc(CCNS(=O)(=O)C2CC2)cc1. The number of hydrogen-bond donors (Lipinski definition) is 2. The van der Waals surface area contributed by atoms with Crippen LogP contribution in [0, 0.1) is 0 Å². The molecule has 1 saturated carbocycles. The maximum Gasteiger partial charge on any atom is 0.335 e. The highest BCUT2D eigenvalue weighted by molar-refractivity contribution is 7.90. The first kappa shape index (κ1) is 13.0. The van der Waals surface area contributed by atoms with Crippen LogP contribution in [-0.2, 0) is 16.4 Å². The molecular weight excluding hydrogens is 254 g/mol. The predicted octanol–water partition coefficient (Wildman–Crippen LogP) is 1.01. The van der Waals surface area contributed by atoms with Crippen LogP contribution in [0.5, 0.6) is 0 Å². The Morgan fingerprint density at radius 2 is 1.89 bits per heavy atom. The van der Waals surface area contributed by atoms with Crippen LogP contribution in [0.15, 0.2) is 24.3 Å². The molecule has 1 fully saturated rings. The van der Waals surface area contributed by atoms with Gasteiger partial charge in [0, 0.05) is 6.54 Å². The largest absolute Gasteiger partial charge is 0.478 e. The van der Waals surface area contributed by atoms with E-state index in [0.717, 1.165) is 18.4 Å². The van der Waals surface area contributed by atoms with Gasteiger partial charge in [-0.15, -0.1) is 0 Å². The van der Waals surface area contributed by atoms with Crippen molar-refractivity contribution in [1.29, 1.82) is 0 Å². The minimum atomic E-state index is -3.12. The van der Waals surface area contributed by atoms with E-state index in [0.29, 0.717) is 13.0 Å². The average molecular weight is 269 g/mol. The molecule has 0 amide bonds. The Morgan fingerprint density at radius 1 is 1.28 bits per heavy atom. The molecule has 1 aromatic rings. The van der Waals surface area contributed by atoms with Crippen molar-refractivity contribution in [2.45, 2.75) is 24.5 Å². The van der Waals surface area contributed by atoms with Crippen molar-refractivity contribution in [3.05, 3.63) is 35.4 Å². The number of rotatable bonds is 6. The summed E-state index contributed by atoms with van der Waals surface area (Å²) >= 11 is 0. The first-order chi connectivity index (χ1) is 8.49. The van der Waals surface area contributed by atoms with Gasteiger partial charge in [0.25, 0.3) is 0 Å². The number of nitrogens with one attached hydrogen (secondary N) is 1. The van der Waals surface area contributed by atoms with Gasteiger partial charge < -0.3 is 5.11 Å². The van der Waals surface area contributed by atoms with E-state index in [4.69, 9.17) is 5.11 Å². The summed E-state index contributed by atoms with van der Waals surface area (Å²) in [6, 6.07) is 6.45. The predicted molar refractivity (Wildman–Crippen MR) is 67.0 cm³/mol. The monoisotopic (exact) mass is 269 g/mol. The van der Waals surface area contributed by atoms with Gasteiger partial charge in [-0.05, 0) is 37.0 Å². The lowest BCUT2D eigenvalue weighted by atomic mass is 10.1. The molecule has 0 heterocycles. The third kappa shape index (κ3) is 3.30. The van der Waals surface area contributed by atoms with Crippen LogP contribution >= 0.6 is 0 Å². The molecule has 18 heavy (non-hydrogen) atoms. The molecule has 1 aromatic carbocycles.